The molecule has 0 fully saturated rings. The van der Waals surface area contributed by atoms with Crippen LogP contribution in [0.1, 0.15) is 6.92 Å². The zero-order valence-electron chi connectivity index (χ0n) is 6.10. The van der Waals surface area contributed by atoms with Crippen LogP contribution in [-0.4, -0.2) is 5.75 Å². The second-order valence-corrected chi connectivity index (χ2v) is 4.62. The standard InChI is InChI=1S/C8H8FIS/c1-2-11-8-4-6(9)3-7(10)5-8/h3-5H,2H2,1H3. The summed E-state index contributed by atoms with van der Waals surface area (Å²) in [5.41, 5.74) is 0. The maximum Gasteiger partial charge on any atom is 0.125 e. The van der Waals surface area contributed by atoms with Crippen molar-refractivity contribution in [2.75, 3.05) is 5.75 Å². The van der Waals surface area contributed by atoms with E-state index in [1.807, 2.05) is 6.07 Å². The molecule has 11 heavy (non-hydrogen) atoms. The van der Waals surface area contributed by atoms with E-state index >= 15 is 0 Å². The fourth-order valence-corrected chi connectivity index (χ4v) is 2.36. The molecule has 0 aromatic heterocycles. The van der Waals surface area contributed by atoms with Crippen LogP contribution in [0, 0.1) is 9.39 Å². The summed E-state index contributed by atoms with van der Waals surface area (Å²) >= 11 is 3.78. The van der Waals surface area contributed by atoms with Gasteiger partial charge in [0.1, 0.15) is 5.82 Å². The lowest BCUT2D eigenvalue weighted by molar-refractivity contribution is 0.623. The third kappa shape index (κ3) is 2.99. The van der Waals surface area contributed by atoms with Crippen molar-refractivity contribution >= 4 is 34.4 Å². The molecule has 0 spiro atoms. The van der Waals surface area contributed by atoms with E-state index in [-0.39, 0.29) is 5.82 Å². The van der Waals surface area contributed by atoms with Crippen LogP contribution in [0.5, 0.6) is 0 Å². The zero-order valence-corrected chi connectivity index (χ0v) is 9.08. The van der Waals surface area contributed by atoms with Gasteiger partial charge in [-0.1, -0.05) is 6.92 Å². The molecule has 0 atom stereocenters. The van der Waals surface area contributed by atoms with Gasteiger partial charge in [0.2, 0.25) is 0 Å². The summed E-state index contributed by atoms with van der Waals surface area (Å²) in [6.07, 6.45) is 0. The molecule has 0 unspecified atom stereocenters. The van der Waals surface area contributed by atoms with Gasteiger partial charge in [-0.2, -0.15) is 0 Å². The van der Waals surface area contributed by atoms with Crippen molar-refractivity contribution in [2.24, 2.45) is 0 Å². The second kappa shape index (κ2) is 4.30. The summed E-state index contributed by atoms with van der Waals surface area (Å²) in [5.74, 6) is 0.840. The summed E-state index contributed by atoms with van der Waals surface area (Å²) in [6, 6.07) is 5.08. The molecular formula is C8H8FIS. The Bertz CT molecular complexity index is 230. The van der Waals surface area contributed by atoms with Gasteiger partial charge in [-0.15, -0.1) is 11.8 Å². The molecule has 0 radical (unpaired) electrons. The smallest absolute Gasteiger partial charge is 0.125 e. The van der Waals surface area contributed by atoms with Gasteiger partial charge in [-0.05, 0) is 46.5 Å². The van der Waals surface area contributed by atoms with Gasteiger partial charge in [0, 0.05) is 8.47 Å². The fraction of sp³-hybridized carbons (Fsp3) is 0.250. The Morgan fingerprint density at radius 1 is 1.45 bits per heavy atom. The van der Waals surface area contributed by atoms with Crippen LogP contribution in [0.4, 0.5) is 4.39 Å². The lowest BCUT2D eigenvalue weighted by Gasteiger charge is -1.98. The molecule has 1 rings (SSSR count). The average molecular weight is 282 g/mol. The van der Waals surface area contributed by atoms with Crippen molar-refractivity contribution in [3.63, 3.8) is 0 Å². The summed E-state index contributed by atoms with van der Waals surface area (Å²) in [6.45, 7) is 2.06. The van der Waals surface area contributed by atoms with E-state index in [9.17, 15) is 4.39 Å². The molecule has 3 heteroatoms. The van der Waals surface area contributed by atoms with Crippen LogP contribution in [0.3, 0.4) is 0 Å². The number of hydrogen-bond acceptors (Lipinski definition) is 1. The first-order valence-electron chi connectivity index (χ1n) is 3.31. The minimum absolute atomic E-state index is 0.146. The SMILES string of the molecule is CCSc1cc(F)cc(I)c1. The van der Waals surface area contributed by atoms with Crippen molar-refractivity contribution in [2.45, 2.75) is 11.8 Å². The van der Waals surface area contributed by atoms with E-state index in [1.54, 1.807) is 17.8 Å². The fourth-order valence-electron chi connectivity index (χ4n) is 0.779. The Hall–Kier alpha value is 0.230. The lowest BCUT2D eigenvalue weighted by Crippen LogP contribution is -1.80. The number of hydrogen-bond donors (Lipinski definition) is 0. The Morgan fingerprint density at radius 3 is 2.73 bits per heavy atom. The van der Waals surface area contributed by atoms with Crippen molar-refractivity contribution in [3.8, 4) is 0 Å². The Labute approximate surface area is 83.7 Å². The Kier molecular flexibility index (Phi) is 3.65. The van der Waals surface area contributed by atoms with Gasteiger partial charge < -0.3 is 0 Å². The van der Waals surface area contributed by atoms with Gasteiger partial charge in [-0.3, -0.25) is 0 Å². The maximum absolute atomic E-state index is 12.7. The van der Waals surface area contributed by atoms with Gasteiger partial charge in [0.25, 0.3) is 0 Å². The van der Waals surface area contributed by atoms with E-state index in [0.717, 1.165) is 14.2 Å². The molecule has 0 aliphatic rings. The quantitative estimate of drug-likeness (QED) is 0.590. The highest BCUT2D eigenvalue weighted by Crippen LogP contribution is 2.21. The molecular weight excluding hydrogens is 274 g/mol. The first-order valence-corrected chi connectivity index (χ1v) is 5.37. The average Bonchev–Trinajstić information content (AvgIpc) is 1.85. The van der Waals surface area contributed by atoms with E-state index in [0.29, 0.717) is 0 Å². The summed E-state index contributed by atoms with van der Waals surface area (Å²) in [4.78, 5) is 1.01. The van der Waals surface area contributed by atoms with Gasteiger partial charge in [0.15, 0.2) is 0 Å². The molecule has 0 aliphatic carbocycles. The van der Waals surface area contributed by atoms with Crippen molar-refractivity contribution < 1.29 is 4.39 Å². The molecule has 0 nitrogen and oxygen atoms in total. The first kappa shape index (κ1) is 9.32. The maximum atomic E-state index is 12.7. The number of benzene rings is 1. The Morgan fingerprint density at radius 2 is 2.18 bits per heavy atom. The van der Waals surface area contributed by atoms with Gasteiger partial charge >= 0.3 is 0 Å². The van der Waals surface area contributed by atoms with Crippen LogP contribution >= 0.6 is 34.4 Å². The van der Waals surface area contributed by atoms with E-state index in [1.165, 1.54) is 6.07 Å². The number of halogens is 2. The van der Waals surface area contributed by atoms with Crippen LogP contribution in [0.25, 0.3) is 0 Å². The third-order valence-corrected chi connectivity index (χ3v) is 2.63. The molecule has 0 saturated heterocycles. The number of rotatable bonds is 2. The minimum Gasteiger partial charge on any atom is -0.207 e. The third-order valence-electron chi connectivity index (χ3n) is 1.15. The van der Waals surface area contributed by atoms with Crippen molar-refractivity contribution in [3.05, 3.63) is 27.6 Å². The van der Waals surface area contributed by atoms with E-state index in [2.05, 4.69) is 29.5 Å². The van der Waals surface area contributed by atoms with E-state index < -0.39 is 0 Å². The predicted octanol–water partition coefficient (Wildman–Crippen LogP) is 3.54. The molecule has 60 valence electrons. The lowest BCUT2D eigenvalue weighted by atomic mass is 10.3. The van der Waals surface area contributed by atoms with Crippen LogP contribution in [0.2, 0.25) is 0 Å². The normalized spacial score (nSPS) is 10.1. The largest absolute Gasteiger partial charge is 0.207 e. The molecule has 0 saturated carbocycles. The van der Waals surface area contributed by atoms with Crippen LogP contribution in [0.15, 0.2) is 23.1 Å². The summed E-state index contributed by atoms with van der Waals surface area (Å²) in [7, 11) is 0. The zero-order chi connectivity index (χ0) is 8.27. The molecule has 0 aliphatic heterocycles. The highest BCUT2D eigenvalue weighted by Gasteiger charge is 1.97. The van der Waals surface area contributed by atoms with Crippen molar-refractivity contribution in [1.82, 2.24) is 0 Å². The molecule has 0 bridgehead atoms. The van der Waals surface area contributed by atoms with E-state index in [4.69, 9.17) is 0 Å². The first-order chi connectivity index (χ1) is 5.22. The highest BCUT2D eigenvalue weighted by atomic mass is 127. The highest BCUT2D eigenvalue weighted by molar-refractivity contribution is 14.1. The van der Waals surface area contributed by atoms with Crippen molar-refractivity contribution in [1.29, 1.82) is 0 Å². The number of thioether (sulfide) groups is 1. The molecule has 0 N–H and O–H groups in total. The molecule has 1 aromatic rings. The minimum atomic E-state index is -0.146. The Balaban J connectivity index is 2.89. The molecule has 1 aromatic carbocycles. The molecule has 0 heterocycles. The monoisotopic (exact) mass is 282 g/mol. The predicted molar refractivity (Wildman–Crippen MR) is 55.5 cm³/mol. The summed E-state index contributed by atoms with van der Waals surface area (Å²) < 4.78 is 13.7. The van der Waals surface area contributed by atoms with Crippen LogP contribution < -0.4 is 0 Å². The van der Waals surface area contributed by atoms with Gasteiger partial charge in [-0.25, -0.2) is 4.39 Å². The molecule has 0 amide bonds. The second-order valence-electron chi connectivity index (χ2n) is 2.04. The van der Waals surface area contributed by atoms with Crippen LogP contribution in [-0.2, 0) is 0 Å². The summed E-state index contributed by atoms with van der Waals surface area (Å²) in [5, 5.41) is 0. The van der Waals surface area contributed by atoms with Gasteiger partial charge in [0.05, 0.1) is 0 Å². The topological polar surface area (TPSA) is 0 Å².